The number of rotatable bonds is 9. The van der Waals surface area contributed by atoms with E-state index in [1.165, 1.54) is 0 Å². The molecule has 23 heavy (non-hydrogen) atoms. The highest BCUT2D eigenvalue weighted by Gasteiger charge is 2.11. The fourth-order valence-corrected chi connectivity index (χ4v) is 2.85. The van der Waals surface area contributed by atoms with Crippen LogP contribution in [0.5, 0.6) is 11.5 Å². The molecule has 2 aromatic rings. The molecule has 2 N–H and O–H groups in total. The molecule has 1 aromatic carbocycles. The third-order valence-corrected chi connectivity index (χ3v) is 4.26. The van der Waals surface area contributed by atoms with Gasteiger partial charge < -0.3 is 15.2 Å². The number of amides is 1. The standard InChI is InChI=1S/C17H22N2O3S/c1-3-19(11-17(18)20)10-13-6-7-15(16(9-13)21-2)22-12-14-5-4-8-23-14/h4-9H,3,10-12H2,1-2H3,(H2,18,20). The summed E-state index contributed by atoms with van der Waals surface area (Å²) in [6.45, 7) is 4.16. The van der Waals surface area contributed by atoms with Crippen LogP contribution in [0, 0.1) is 0 Å². The van der Waals surface area contributed by atoms with Crippen LogP contribution < -0.4 is 15.2 Å². The molecule has 0 saturated carbocycles. The summed E-state index contributed by atoms with van der Waals surface area (Å²) >= 11 is 1.66. The van der Waals surface area contributed by atoms with Gasteiger partial charge in [0.2, 0.25) is 5.91 Å². The lowest BCUT2D eigenvalue weighted by Crippen LogP contribution is -2.33. The van der Waals surface area contributed by atoms with E-state index in [-0.39, 0.29) is 12.5 Å². The highest BCUT2D eigenvalue weighted by Crippen LogP contribution is 2.29. The van der Waals surface area contributed by atoms with E-state index in [4.69, 9.17) is 15.2 Å². The van der Waals surface area contributed by atoms with Crippen LogP contribution >= 0.6 is 11.3 Å². The molecule has 1 heterocycles. The second-order valence-electron chi connectivity index (χ2n) is 5.12. The van der Waals surface area contributed by atoms with Gasteiger partial charge in [-0.1, -0.05) is 19.1 Å². The first-order valence-corrected chi connectivity index (χ1v) is 8.33. The van der Waals surface area contributed by atoms with Crippen LogP contribution in [0.4, 0.5) is 0 Å². The Bertz CT molecular complexity index is 629. The predicted molar refractivity (Wildman–Crippen MR) is 91.8 cm³/mol. The average molecular weight is 334 g/mol. The minimum atomic E-state index is -0.324. The quantitative estimate of drug-likeness (QED) is 0.766. The van der Waals surface area contributed by atoms with Gasteiger partial charge in [-0.05, 0) is 35.7 Å². The minimum absolute atomic E-state index is 0.245. The minimum Gasteiger partial charge on any atom is -0.493 e. The Balaban J connectivity index is 2.04. The van der Waals surface area contributed by atoms with E-state index in [0.717, 1.165) is 17.0 Å². The van der Waals surface area contributed by atoms with E-state index in [1.807, 2.05) is 47.5 Å². The smallest absolute Gasteiger partial charge is 0.231 e. The number of nitrogens with two attached hydrogens (primary N) is 1. The zero-order valence-electron chi connectivity index (χ0n) is 13.5. The van der Waals surface area contributed by atoms with Gasteiger partial charge in [-0.3, -0.25) is 9.69 Å². The number of ether oxygens (including phenoxy) is 2. The molecule has 5 nitrogen and oxygen atoms in total. The summed E-state index contributed by atoms with van der Waals surface area (Å²) < 4.78 is 11.2. The molecule has 0 aliphatic carbocycles. The van der Waals surface area contributed by atoms with E-state index in [9.17, 15) is 4.79 Å². The van der Waals surface area contributed by atoms with Gasteiger partial charge in [0, 0.05) is 11.4 Å². The maximum Gasteiger partial charge on any atom is 0.231 e. The number of hydrogen-bond donors (Lipinski definition) is 1. The Morgan fingerprint density at radius 3 is 2.74 bits per heavy atom. The molecule has 124 valence electrons. The van der Waals surface area contributed by atoms with Gasteiger partial charge in [0.25, 0.3) is 0 Å². The fraction of sp³-hybridized carbons (Fsp3) is 0.353. The number of carbonyl (C=O) groups is 1. The molecule has 0 bridgehead atoms. The summed E-state index contributed by atoms with van der Waals surface area (Å²) in [4.78, 5) is 14.2. The monoisotopic (exact) mass is 334 g/mol. The van der Waals surface area contributed by atoms with Crippen LogP contribution in [-0.4, -0.2) is 31.0 Å². The van der Waals surface area contributed by atoms with Crippen molar-refractivity contribution in [2.45, 2.75) is 20.1 Å². The Labute approximate surface area is 140 Å². The number of likely N-dealkylation sites (N-methyl/N-ethyl adjacent to an activating group) is 1. The second-order valence-corrected chi connectivity index (χ2v) is 6.16. The normalized spacial score (nSPS) is 10.7. The highest BCUT2D eigenvalue weighted by atomic mass is 32.1. The number of primary amides is 1. The first-order chi connectivity index (χ1) is 11.1. The molecule has 1 aromatic heterocycles. The fourth-order valence-electron chi connectivity index (χ4n) is 2.23. The molecule has 0 radical (unpaired) electrons. The molecule has 2 rings (SSSR count). The predicted octanol–water partition coefficient (Wildman–Crippen LogP) is 2.64. The number of thiophene rings is 1. The number of nitrogens with zero attached hydrogens (tertiary/aromatic N) is 1. The average Bonchev–Trinajstić information content (AvgIpc) is 3.05. The van der Waals surface area contributed by atoms with Gasteiger partial charge in [0.05, 0.1) is 13.7 Å². The van der Waals surface area contributed by atoms with Crippen molar-refractivity contribution < 1.29 is 14.3 Å². The van der Waals surface area contributed by atoms with Crippen LogP contribution in [0.2, 0.25) is 0 Å². The van der Waals surface area contributed by atoms with E-state index >= 15 is 0 Å². The van der Waals surface area contributed by atoms with Crippen molar-refractivity contribution >= 4 is 17.2 Å². The molecular weight excluding hydrogens is 312 g/mol. The molecule has 6 heteroatoms. The van der Waals surface area contributed by atoms with Gasteiger partial charge in [-0.15, -0.1) is 11.3 Å². The summed E-state index contributed by atoms with van der Waals surface area (Å²) in [5, 5.41) is 2.02. The van der Waals surface area contributed by atoms with Crippen molar-refractivity contribution in [2.24, 2.45) is 5.73 Å². The van der Waals surface area contributed by atoms with E-state index in [0.29, 0.717) is 24.7 Å². The molecule has 0 aliphatic rings. The van der Waals surface area contributed by atoms with E-state index in [1.54, 1.807) is 18.4 Å². The summed E-state index contributed by atoms with van der Waals surface area (Å²) in [7, 11) is 1.62. The summed E-state index contributed by atoms with van der Waals surface area (Å²) in [6, 6.07) is 9.86. The number of methoxy groups -OCH3 is 1. The maximum absolute atomic E-state index is 11.1. The van der Waals surface area contributed by atoms with Crippen LogP contribution in [0.1, 0.15) is 17.4 Å². The highest BCUT2D eigenvalue weighted by molar-refractivity contribution is 7.09. The van der Waals surface area contributed by atoms with Crippen molar-refractivity contribution in [3.8, 4) is 11.5 Å². The molecule has 0 atom stereocenters. The molecule has 0 unspecified atom stereocenters. The van der Waals surface area contributed by atoms with Gasteiger partial charge in [-0.2, -0.15) is 0 Å². The topological polar surface area (TPSA) is 64.8 Å². The Hall–Kier alpha value is -2.05. The second kappa shape index (κ2) is 8.55. The Morgan fingerprint density at radius 1 is 1.30 bits per heavy atom. The SMILES string of the molecule is CCN(CC(N)=O)Cc1ccc(OCc2cccs2)c(OC)c1. The number of benzene rings is 1. The third kappa shape index (κ3) is 5.26. The first kappa shape index (κ1) is 17.3. The van der Waals surface area contributed by atoms with Crippen LogP contribution in [-0.2, 0) is 17.9 Å². The van der Waals surface area contributed by atoms with Crippen molar-refractivity contribution in [1.29, 1.82) is 0 Å². The molecule has 0 aliphatic heterocycles. The van der Waals surface area contributed by atoms with Crippen molar-refractivity contribution in [3.63, 3.8) is 0 Å². The van der Waals surface area contributed by atoms with Gasteiger partial charge in [0.1, 0.15) is 6.61 Å². The Morgan fingerprint density at radius 2 is 2.13 bits per heavy atom. The summed E-state index contributed by atoms with van der Waals surface area (Å²) in [6.07, 6.45) is 0. The van der Waals surface area contributed by atoms with Crippen LogP contribution in [0.25, 0.3) is 0 Å². The summed E-state index contributed by atoms with van der Waals surface area (Å²) in [5.41, 5.74) is 6.31. The summed E-state index contributed by atoms with van der Waals surface area (Å²) in [5.74, 6) is 1.08. The lowest BCUT2D eigenvalue weighted by Gasteiger charge is -2.19. The number of hydrogen-bond acceptors (Lipinski definition) is 5. The van der Waals surface area contributed by atoms with Crippen LogP contribution in [0.15, 0.2) is 35.7 Å². The molecular formula is C17H22N2O3S. The largest absolute Gasteiger partial charge is 0.493 e. The lowest BCUT2D eigenvalue weighted by molar-refractivity contribution is -0.119. The molecule has 0 saturated heterocycles. The van der Waals surface area contributed by atoms with Gasteiger partial charge in [0.15, 0.2) is 11.5 Å². The van der Waals surface area contributed by atoms with Crippen molar-refractivity contribution in [1.82, 2.24) is 4.90 Å². The van der Waals surface area contributed by atoms with E-state index in [2.05, 4.69) is 0 Å². The van der Waals surface area contributed by atoms with Gasteiger partial charge in [-0.25, -0.2) is 0 Å². The lowest BCUT2D eigenvalue weighted by atomic mass is 10.2. The zero-order valence-corrected chi connectivity index (χ0v) is 14.3. The van der Waals surface area contributed by atoms with Crippen molar-refractivity contribution in [3.05, 3.63) is 46.2 Å². The molecule has 1 amide bonds. The molecule has 0 spiro atoms. The maximum atomic E-state index is 11.1. The Kier molecular flexibility index (Phi) is 6.43. The first-order valence-electron chi connectivity index (χ1n) is 7.45. The van der Waals surface area contributed by atoms with Gasteiger partial charge >= 0.3 is 0 Å². The zero-order chi connectivity index (χ0) is 16.7. The third-order valence-electron chi connectivity index (χ3n) is 3.41. The van der Waals surface area contributed by atoms with Crippen LogP contribution in [0.3, 0.4) is 0 Å². The van der Waals surface area contributed by atoms with Crippen molar-refractivity contribution in [2.75, 3.05) is 20.2 Å². The number of carbonyl (C=O) groups excluding carboxylic acids is 1. The molecule has 0 fully saturated rings. The van der Waals surface area contributed by atoms with E-state index < -0.39 is 0 Å².